The summed E-state index contributed by atoms with van der Waals surface area (Å²) in [6, 6.07) is 16.3. The zero-order chi connectivity index (χ0) is 22.8. The van der Waals surface area contributed by atoms with E-state index in [1.165, 1.54) is 0 Å². The van der Waals surface area contributed by atoms with E-state index >= 15 is 0 Å². The van der Waals surface area contributed by atoms with Crippen LogP contribution >= 0.6 is 0 Å². The molecule has 172 valence electrons. The van der Waals surface area contributed by atoms with Crippen molar-refractivity contribution < 1.29 is 9.53 Å². The van der Waals surface area contributed by atoms with Crippen LogP contribution in [-0.2, 0) is 11.3 Å². The Hall–Kier alpha value is -3.22. The fourth-order valence-electron chi connectivity index (χ4n) is 3.87. The van der Waals surface area contributed by atoms with Crippen LogP contribution in [0.25, 0.3) is 0 Å². The Morgan fingerprint density at radius 1 is 1.19 bits per heavy atom. The highest BCUT2D eigenvalue weighted by Gasteiger charge is 2.25. The Labute approximate surface area is 191 Å². The second-order valence-electron chi connectivity index (χ2n) is 7.94. The summed E-state index contributed by atoms with van der Waals surface area (Å²) in [5.74, 6) is 1.75. The van der Waals surface area contributed by atoms with Crippen LogP contribution in [0.15, 0.2) is 53.5 Å². The molecule has 1 heterocycles. The molecule has 7 heteroatoms. The summed E-state index contributed by atoms with van der Waals surface area (Å²) < 4.78 is 5.52. The standard InChI is InChI=1S/C25H35N5O2/c1-4-9-24(31)28-20-11-8-10-19(16-20)17-27-25(26-5-2)29-21-14-15-30(18-21)22-12-6-7-13-23(22)32-3/h6-8,10-13,16,21H,4-5,9,14-15,17-18H2,1-3H3,(H,28,31)(H2,26,27,29). The number of aliphatic imine (C=N–C) groups is 1. The molecule has 1 saturated heterocycles. The van der Waals surface area contributed by atoms with Crippen LogP contribution in [0.3, 0.4) is 0 Å². The summed E-state index contributed by atoms with van der Waals surface area (Å²) in [7, 11) is 1.71. The molecule has 32 heavy (non-hydrogen) atoms. The van der Waals surface area contributed by atoms with E-state index in [-0.39, 0.29) is 5.91 Å². The fraction of sp³-hybridized carbons (Fsp3) is 0.440. The van der Waals surface area contributed by atoms with Gasteiger partial charge in [0.15, 0.2) is 5.96 Å². The predicted molar refractivity (Wildman–Crippen MR) is 132 cm³/mol. The molecule has 1 aliphatic rings. The van der Waals surface area contributed by atoms with Gasteiger partial charge < -0.3 is 25.6 Å². The van der Waals surface area contributed by atoms with E-state index in [1.54, 1.807) is 7.11 Å². The SMILES string of the molecule is CCCC(=O)Nc1cccc(CN=C(NCC)NC2CCN(c3ccccc3OC)C2)c1. The lowest BCUT2D eigenvalue weighted by Crippen LogP contribution is -2.44. The first-order chi connectivity index (χ1) is 15.6. The first-order valence-corrected chi connectivity index (χ1v) is 11.4. The Kier molecular flexibility index (Phi) is 8.78. The zero-order valence-corrected chi connectivity index (χ0v) is 19.4. The van der Waals surface area contributed by atoms with Crippen molar-refractivity contribution in [3.8, 4) is 5.75 Å². The van der Waals surface area contributed by atoms with Gasteiger partial charge in [-0.1, -0.05) is 31.2 Å². The van der Waals surface area contributed by atoms with Gasteiger partial charge in [0.25, 0.3) is 0 Å². The molecule has 1 fully saturated rings. The van der Waals surface area contributed by atoms with Crippen LogP contribution in [0.4, 0.5) is 11.4 Å². The summed E-state index contributed by atoms with van der Waals surface area (Å²) >= 11 is 0. The summed E-state index contributed by atoms with van der Waals surface area (Å²) in [6.45, 7) is 7.26. The molecule has 0 aromatic heterocycles. The normalized spacial score (nSPS) is 16.0. The topological polar surface area (TPSA) is 78.0 Å². The lowest BCUT2D eigenvalue weighted by atomic mass is 10.2. The first kappa shape index (κ1) is 23.4. The summed E-state index contributed by atoms with van der Waals surface area (Å²) in [4.78, 5) is 19.0. The quantitative estimate of drug-likeness (QED) is 0.411. The number of hydrogen-bond acceptors (Lipinski definition) is 4. The van der Waals surface area contributed by atoms with Crippen molar-refractivity contribution in [2.45, 2.75) is 45.7 Å². The lowest BCUT2D eigenvalue weighted by Gasteiger charge is -2.22. The van der Waals surface area contributed by atoms with Crippen LogP contribution < -0.4 is 25.6 Å². The van der Waals surface area contributed by atoms with E-state index in [9.17, 15) is 4.79 Å². The lowest BCUT2D eigenvalue weighted by molar-refractivity contribution is -0.116. The van der Waals surface area contributed by atoms with Crippen LogP contribution in [-0.4, -0.2) is 44.7 Å². The van der Waals surface area contributed by atoms with Crippen LogP contribution in [0.5, 0.6) is 5.75 Å². The molecular weight excluding hydrogens is 402 g/mol. The Morgan fingerprint density at radius 2 is 2.03 bits per heavy atom. The largest absolute Gasteiger partial charge is 0.495 e. The molecule has 0 saturated carbocycles. The minimum Gasteiger partial charge on any atom is -0.495 e. The second-order valence-corrected chi connectivity index (χ2v) is 7.94. The first-order valence-electron chi connectivity index (χ1n) is 11.4. The maximum absolute atomic E-state index is 11.9. The number of methoxy groups -OCH3 is 1. The number of para-hydroxylation sites is 2. The van der Waals surface area contributed by atoms with Gasteiger partial charge in [0.05, 0.1) is 19.3 Å². The number of nitrogens with one attached hydrogen (secondary N) is 3. The monoisotopic (exact) mass is 437 g/mol. The van der Waals surface area contributed by atoms with Crippen molar-refractivity contribution in [2.24, 2.45) is 4.99 Å². The average molecular weight is 438 g/mol. The smallest absolute Gasteiger partial charge is 0.224 e. The predicted octanol–water partition coefficient (Wildman–Crippen LogP) is 3.77. The van der Waals surface area contributed by atoms with E-state index in [1.807, 2.05) is 49.4 Å². The summed E-state index contributed by atoms with van der Waals surface area (Å²) in [5, 5.41) is 9.87. The molecule has 1 amide bonds. The van der Waals surface area contributed by atoms with Gasteiger partial charge in [-0.05, 0) is 49.6 Å². The molecule has 7 nitrogen and oxygen atoms in total. The van der Waals surface area contributed by atoms with Crippen molar-refractivity contribution >= 4 is 23.2 Å². The third-order valence-corrected chi connectivity index (χ3v) is 5.41. The Balaban J connectivity index is 1.60. The van der Waals surface area contributed by atoms with E-state index in [2.05, 4.69) is 33.8 Å². The highest BCUT2D eigenvalue weighted by atomic mass is 16.5. The zero-order valence-electron chi connectivity index (χ0n) is 19.4. The number of benzene rings is 2. The van der Waals surface area contributed by atoms with E-state index < -0.39 is 0 Å². The van der Waals surface area contributed by atoms with E-state index in [0.29, 0.717) is 19.0 Å². The highest BCUT2D eigenvalue weighted by Crippen LogP contribution is 2.30. The molecule has 1 unspecified atom stereocenters. The second kappa shape index (κ2) is 12.0. The Morgan fingerprint density at radius 3 is 2.81 bits per heavy atom. The maximum Gasteiger partial charge on any atom is 0.224 e. The van der Waals surface area contributed by atoms with Crippen molar-refractivity contribution in [1.29, 1.82) is 0 Å². The maximum atomic E-state index is 11.9. The number of carbonyl (C=O) groups is 1. The van der Waals surface area contributed by atoms with Gasteiger partial charge >= 0.3 is 0 Å². The number of rotatable bonds is 9. The number of guanidine groups is 1. The van der Waals surface area contributed by atoms with Gasteiger partial charge in [0.2, 0.25) is 5.91 Å². The number of ether oxygens (including phenoxy) is 1. The molecule has 0 radical (unpaired) electrons. The van der Waals surface area contributed by atoms with E-state index in [4.69, 9.17) is 9.73 Å². The molecule has 2 aromatic carbocycles. The highest BCUT2D eigenvalue weighted by molar-refractivity contribution is 5.90. The van der Waals surface area contributed by atoms with Crippen LogP contribution in [0.1, 0.15) is 38.7 Å². The molecule has 0 spiro atoms. The van der Waals surface area contributed by atoms with Gasteiger partial charge in [0, 0.05) is 37.8 Å². The molecular formula is C25H35N5O2. The molecule has 1 aliphatic heterocycles. The number of hydrogen-bond donors (Lipinski definition) is 3. The minimum atomic E-state index is 0.0454. The van der Waals surface area contributed by atoms with Crippen molar-refractivity contribution in [3.63, 3.8) is 0 Å². The molecule has 0 aliphatic carbocycles. The average Bonchev–Trinajstić information content (AvgIpc) is 3.26. The number of anilines is 2. The molecule has 2 aromatic rings. The van der Waals surface area contributed by atoms with Gasteiger partial charge in [-0.15, -0.1) is 0 Å². The van der Waals surface area contributed by atoms with Gasteiger partial charge in [0.1, 0.15) is 5.75 Å². The number of amides is 1. The van der Waals surface area contributed by atoms with E-state index in [0.717, 1.165) is 61.1 Å². The Bertz CT molecular complexity index is 915. The van der Waals surface area contributed by atoms with Crippen molar-refractivity contribution in [3.05, 3.63) is 54.1 Å². The van der Waals surface area contributed by atoms with Crippen molar-refractivity contribution in [2.75, 3.05) is 37.0 Å². The van der Waals surface area contributed by atoms with Gasteiger partial charge in [-0.3, -0.25) is 4.79 Å². The molecule has 3 N–H and O–H groups in total. The van der Waals surface area contributed by atoms with Crippen molar-refractivity contribution in [1.82, 2.24) is 10.6 Å². The van der Waals surface area contributed by atoms with Gasteiger partial charge in [-0.2, -0.15) is 0 Å². The van der Waals surface area contributed by atoms with Gasteiger partial charge in [-0.25, -0.2) is 4.99 Å². The summed E-state index contributed by atoms with van der Waals surface area (Å²) in [5.41, 5.74) is 3.00. The fourth-order valence-corrected chi connectivity index (χ4v) is 3.87. The number of nitrogens with zero attached hydrogens (tertiary/aromatic N) is 2. The van der Waals surface area contributed by atoms with Crippen LogP contribution in [0, 0.1) is 0 Å². The third kappa shape index (κ3) is 6.64. The van der Waals surface area contributed by atoms with Crippen LogP contribution in [0.2, 0.25) is 0 Å². The minimum absolute atomic E-state index is 0.0454. The molecule has 3 rings (SSSR count). The number of carbonyl (C=O) groups excluding carboxylic acids is 1. The summed E-state index contributed by atoms with van der Waals surface area (Å²) in [6.07, 6.45) is 2.40. The molecule has 1 atom stereocenters. The molecule has 0 bridgehead atoms. The third-order valence-electron chi connectivity index (χ3n) is 5.41.